The minimum atomic E-state index is -3.64. The molecule has 176 valence electrons. The van der Waals surface area contributed by atoms with Crippen molar-refractivity contribution in [2.75, 3.05) is 0 Å². The van der Waals surface area contributed by atoms with E-state index in [-0.39, 0.29) is 17.7 Å². The minimum Gasteiger partial charge on any atom is -0.289 e. The number of nitrogens with zero attached hydrogens (tertiary/aromatic N) is 4. The zero-order valence-electron chi connectivity index (χ0n) is 19.3. The fourth-order valence-electron chi connectivity index (χ4n) is 4.15. The lowest BCUT2D eigenvalue weighted by Crippen LogP contribution is -2.25. The van der Waals surface area contributed by atoms with Gasteiger partial charge < -0.3 is 0 Å². The lowest BCUT2D eigenvalue weighted by atomic mass is 10.0. The van der Waals surface area contributed by atoms with Crippen LogP contribution in [-0.4, -0.2) is 28.2 Å². The molecule has 8 nitrogen and oxygen atoms in total. The summed E-state index contributed by atoms with van der Waals surface area (Å²) in [6.45, 7) is 1.98. The summed E-state index contributed by atoms with van der Waals surface area (Å²) in [6, 6.07) is 14.3. The van der Waals surface area contributed by atoms with Gasteiger partial charge in [-0.15, -0.1) is 0 Å². The number of aromatic nitrogens is 4. The van der Waals surface area contributed by atoms with E-state index < -0.39 is 10.0 Å². The third kappa shape index (κ3) is 4.82. The molecule has 0 spiro atoms. The van der Waals surface area contributed by atoms with Gasteiger partial charge in [-0.2, -0.15) is 5.10 Å². The molecule has 5 rings (SSSR count). The first-order chi connectivity index (χ1) is 16.8. The number of rotatable bonds is 6. The first kappa shape index (κ1) is 22.8. The van der Waals surface area contributed by atoms with Crippen LogP contribution in [-0.2, 0) is 29.4 Å². The van der Waals surface area contributed by atoms with E-state index >= 15 is 0 Å². The molecule has 3 aromatic heterocycles. The number of aryl methyl sites for hydroxylation is 2. The Balaban J connectivity index is 1.56. The molecule has 0 bridgehead atoms. The fraction of sp³-hybridized carbons (Fsp3) is 0.154. The van der Waals surface area contributed by atoms with Crippen molar-refractivity contribution < 1.29 is 8.42 Å². The minimum absolute atomic E-state index is 0.102. The van der Waals surface area contributed by atoms with E-state index in [0.29, 0.717) is 27.5 Å². The van der Waals surface area contributed by atoms with Crippen molar-refractivity contribution in [1.82, 2.24) is 24.5 Å². The van der Waals surface area contributed by atoms with Gasteiger partial charge in [0.05, 0.1) is 29.7 Å². The Morgan fingerprint density at radius 3 is 2.54 bits per heavy atom. The summed E-state index contributed by atoms with van der Waals surface area (Å²) in [4.78, 5) is 22.3. The predicted molar refractivity (Wildman–Crippen MR) is 136 cm³/mol. The lowest BCUT2D eigenvalue weighted by Gasteiger charge is -2.08. The molecule has 35 heavy (non-hydrogen) atoms. The molecular formula is C26H23N5O3S. The average Bonchev–Trinajstić information content (AvgIpc) is 3.22. The second kappa shape index (κ2) is 9.01. The number of fused-ring (bicyclic) bond motifs is 2. The maximum absolute atomic E-state index is 13.6. The van der Waals surface area contributed by atoms with Crippen LogP contribution in [0.5, 0.6) is 0 Å². The van der Waals surface area contributed by atoms with Crippen LogP contribution in [0, 0.1) is 6.92 Å². The topological polar surface area (TPSA) is 107 Å². The highest BCUT2D eigenvalue weighted by atomic mass is 32.2. The van der Waals surface area contributed by atoms with Crippen molar-refractivity contribution in [3.05, 3.63) is 100 Å². The van der Waals surface area contributed by atoms with Gasteiger partial charge in [-0.1, -0.05) is 18.2 Å². The Morgan fingerprint density at radius 2 is 1.80 bits per heavy atom. The molecule has 0 unspecified atom stereocenters. The van der Waals surface area contributed by atoms with E-state index in [0.717, 1.165) is 22.1 Å². The Labute approximate surface area is 202 Å². The zero-order chi connectivity index (χ0) is 24.6. The lowest BCUT2D eigenvalue weighted by molar-refractivity contribution is 0.579. The SMILES string of the molecule is Cc1cc(CS(=O)(=O)NCc2ccccn2)cc2c(=O)c3cc(-c4cnn(C)c4)cnc3ccc12. The Morgan fingerprint density at radius 1 is 0.943 bits per heavy atom. The summed E-state index contributed by atoms with van der Waals surface area (Å²) in [5, 5.41) is 5.88. The fourth-order valence-corrected chi connectivity index (χ4v) is 5.22. The molecule has 2 aromatic carbocycles. The van der Waals surface area contributed by atoms with Crippen LogP contribution in [0.3, 0.4) is 0 Å². The molecular weight excluding hydrogens is 462 g/mol. The van der Waals surface area contributed by atoms with Gasteiger partial charge in [0.1, 0.15) is 0 Å². The van der Waals surface area contributed by atoms with Crippen molar-refractivity contribution in [2.45, 2.75) is 19.2 Å². The average molecular weight is 486 g/mol. The maximum atomic E-state index is 13.6. The molecule has 0 atom stereocenters. The second-order valence-corrected chi connectivity index (χ2v) is 10.3. The third-order valence-electron chi connectivity index (χ3n) is 5.86. The van der Waals surface area contributed by atoms with Crippen molar-refractivity contribution in [1.29, 1.82) is 0 Å². The summed E-state index contributed by atoms with van der Waals surface area (Å²) >= 11 is 0. The number of hydrogen-bond donors (Lipinski definition) is 1. The van der Waals surface area contributed by atoms with Crippen LogP contribution in [0.25, 0.3) is 32.8 Å². The summed E-state index contributed by atoms with van der Waals surface area (Å²) in [5.74, 6) is -0.244. The van der Waals surface area contributed by atoms with Gasteiger partial charge in [-0.05, 0) is 53.8 Å². The van der Waals surface area contributed by atoms with Crippen LogP contribution >= 0.6 is 0 Å². The van der Waals surface area contributed by atoms with Crippen LogP contribution in [0.4, 0.5) is 0 Å². The second-order valence-electron chi connectivity index (χ2n) is 8.50. The number of nitrogens with one attached hydrogen (secondary N) is 1. The standard InChI is InChI=1S/C26H23N5O3S/c1-17-9-18(16-35(33,34)30-14-21-5-3-4-8-27-21)10-23-22(17)6-7-25-24(26(23)32)11-19(12-28-25)20-13-29-31(2)15-20/h3-13,15,30H,14,16H2,1-2H3. The molecule has 0 aliphatic heterocycles. The molecule has 1 N–H and O–H groups in total. The Kier molecular flexibility index (Phi) is 5.88. The monoisotopic (exact) mass is 485 g/mol. The quantitative estimate of drug-likeness (QED) is 0.395. The molecule has 3 heterocycles. The molecule has 0 aliphatic carbocycles. The number of sulfonamides is 1. The van der Waals surface area contributed by atoms with E-state index in [2.05, 4.69) is 19.8 Å². The highest BCUT2D eigenvalue weighted by molar-refractivity contribution is 7.88. The van der Waals surface area contributed by atoms with Crippen molar-refractivity contribution in [3.63, 3.8) is 0 Å². The van der Waals surface area contributed by atoms with Gasteiger partial charge >= 0.3 is 0 Å². The van der Waals surface area contributed by atoms with Crippen LogP contribution in [0.15, 0.2) is 78.1 Å². The van der Waals surface area contributed by atoms with E-state index in [9.17, 15) is 13.2 Å². The maximum Gasteiger partial charge on any atom is 0.216 e. The zero-order valence-corrected chi connectivity index (χ0v) is 20.1. The van der Waals surface area contributed by atoms with E-state index in [1.807, 2.05) is 38.4 Å². The van der Waals surface area contributed by atoms with Crippen molar-refractivity contribution in [3.8, 4) is 11.1 Å². The first-order valence-electron chi connectivity index (χ1n) is 11.0. The molecule has 0 saturated heterocycles. The third-order valence-corrected chi connectivity index (χ3v) is 7.15. The summed E-state index contributed by atoms with van der Waals surface area (Å²) in [6.07, 6.45) is 6.92. The molecule has 0 fully saturated rings. The van der Waals surface area contributed by atoms with E-state index in [1.54, 1.807) is 53.6 Å². The highest BCUT2D eigenvalue weighted by Crippen LogP contribution is 2.24. The van der Waals surface area contributed by atoms with Gasteiger partial charge in [0.2, 0.25) is 10.0 Å². The van der Waals surface area contributed by atoms with Gasteiger partial charge in [0, 0.05) is 47.5 Å². The molecule has 5 aromatic rings. The van der Waals surface area contributed by atoms with Crippen molar-refractivity contribution in [2.24, 2.45) is 7.05 Å². The molecule has 0 amide bonds. The first-order valence-corrected chi connectivity index (χ1v) is 12.7. The van der Waals surface area contributed by atoms with Gasteiger partial charge in [0.25, 0.3) is 0 Å². The van der Waals surface area contributed by atoms with Gasteiger partial charge in [-0.25, -0.2) is 13.1 Å². The summed E-state index contributed by atoms with van der Waals surface area (Å²) < 4.78 is 29.8. The van der Waals surface area contributed by atoms with Crippen LogP contribution in [0.2, 0.25) is 0 Å². The normalized spacial score (nSPS) is 11.8. The van der Waals surface area contributed by atoms with Crippen LogP contribution < -0.4 is 10.2 Å². The summed E-state index contributed by atoms with van der Waals surface area (Å²) in [5.41, 5.74) is 4.02. The molecule has 0 saturated carbocycles. The highest BCUT2D eigenvalue weighted by Gasteiger charge is 2.15. The number of pyridine rings is 2. The molecule has 0 aliphatic rings. The number of benzene rings is 1. The molecule has 0 radical (unpaired) electrons. The molecule has 9 heteroatoms. The van der Waals surface area contributed by atoms with E-state index in [1.165, 1.54) is 0 Å². The van der Waals surface area contributed by atoms with Gasteiger partial charge in [-0.3, -0.25) is 19.4 Å². The smallest absolute Gasteiger partial charge is 0.216 e. The van der Waals surface area contributed by atoms with Crippen molar-refractivity contribution >= 4 is 31.7 Å². The van der Waals surface area contributed by atoms with Crippen LogP contribution in [0.1, 0.15) is 16.8 Å². The Bertz CT molecular complexity index is 1730. The number of hydrogen-bond acceptors (Lipinski definition) is 6. The van der Waals surface area contributed by atoms with E-state index in [4.69, 9.17) is 0 Å². The van der Waals surface area contributed by atoms with Gasteiger partial charge in [0.15, 0.2) is 5.43 Å². The largest absolute Gasteiger partial charge is 0.289 e. The summed E-state index contributed by atoms with van der Waals surface area (Å²) in [7, 11) is -1.82. The Hall–Kier alpha value is -3.95. The predicted octanol–water partition coefficient (Wildman–Crippen LogP) is 3.47.